The summed E-state index contributed by atoms with van der Waals surface area (Å²) in [5, 5.41) is 0. The summed E-state index contributed by atoms with van der Waals surface area (Å²) < 4.78 is 30.2. The number of carbonyl (C=O) groups is 1. The Morgan fingerprint density at radius 3 is 2.53 bits per heavy atom. The zero-order valence-corrected chi connectivity index (χ0v) is 19.1. The molecule has 0 spiro atoms. The molecule has 2 atom stereocenters. The number of methoxy groups -OCH3 is 3. The van der Waals surface area contributed by atoms with E-state index in [1.807, 2.05) is 35.2 Å². The van der Waals surface area contributed by atoms with Gasteiger partial charge in [-0.15, -0.1) is 0 Å². The first-order chi connectivity index (χ1) is 15.6. The lowest BCUT2D eigenvalue weighted by Gasteiger charge is -2.29. The zero-order valence-electron chi connectivity index (χ0n) is 19.1. The number of hydrogen-bond acceptors (Lipinski definition) is 5. The van der Waals surface area contributed by atoms with Crippen molar-refractivity contribution in [1.82, 2.24) is 9.80 Å². The molecule has 1 saturated heterocycles. The summed E-state index contributed by atoms with van der Waals surface area (Å²) in [5.74, 6) is 0.897. The van der Waals surface area contributed by atoms with Gasteiger partial charge >= 0.3 is 0 Å². The minimum Gasteiger partial charge on any atom is -0.496 e. The first-order valence-electron chi connectivity index (χ1n) is 10.9. The number of amides is 1. The van der Waals surface area contributed by atoms with Crippen molar-refractivity contribution < 1.29 is 23.4 Å². The highest BCUT2D eigenvalue weighted by molar-refractivity contribution is 5.77. The number of rotatable bonds is 11. The van der Waals surface area contributed by atoms with Crippen LogP contribution in [0.3, 0.4) is 0 Å². The van der Waals surface area contributed by atoms with Crippen LogP contribution < -0.4 is 4.74 Å². The van der Waals surface area contributed by atoms with Gasteiger partial charge in [0.1, 0.15) is 18.2 Å². The summed E-state index contributed by atoms with van der Waals surface area (Å²) in [7, 11) is 4.82. The number of hydrogen-bond donors (Lipinski definition) is 0. The molecule has 0 radical (unpaired) electrons. The molecule has 2 unspecified atom stereocenters. The van der Waals surface area contributed by atoms with E-state index in [0.29, 0.717) is 31.8 Å². The van der Waals surface area contributed by atoms with Gasteiger partial charge in [-0.3, -0.25) is 9.69 Å². The number of carbonyl (C=O) groups excluding carboxylic acids is 1. The standard InChI is InChI=1S/C25H33FN2O4/c1-30-13-12-28(25(29)18-31-2)16-20-15-27(14-19-8-4-6-10-23(19)26)17-22(20)21-9-5-7-11-24(21)32-3/h4-11,20,22H,12-18H2,1-3H3. The second-order valence-electron chi connectivity index (χ2n) is 8.16. The van der Waals surface area contributed by atoms with E-state index in [1.54, 1.807) is 20.3 Å². The second-order valence-corrected chi connectivity index (χ2v) is 8.16. The van der Waals surface area contributed by atoms with Gasteiger partial charge in [0.05, 0.1) is 13.7 Å². The fourth-order valence-corrected chi connectivity index (χ4v) is 4.48. The SMILES string of the molecule is COCCN(CC1CN(Cc2ccccc2F)CC1c1ccccc1OC)C(=O)COC. The Labute approximate surface area is 189 Å². The van der Waals surface area contributed by atoms with E-state index in [1.165, 1.54) is 13.2 Å². The number of ether oxygens (including phenoxy) is 3. The topological polar surface area (TPSA) is 51.2 Å². The van der Waals surface area contributed by atoms with E-state index >= 15 is 0 Å². The maximum Gasteiger partial charge on any atom is 0.248 e. The Morgan fingerprint density at radius 2 is 1.81 bits per heavy atom. The summed E-state index contributed by atoms with van der Waals surface area (Å²) in [5.41, 5.74) is 1.79. The van der Waals surface area contributed by atoms with Crippen molar-refractivity contribution in [3.63, 3.8) is 0 Å². The van der Waals surface area contributed by atoms with Crippen molar-refractivity contribution >= 4 is 5.91 Å². The molecule has 1 heterocycles. The van der Waals surface area contributed by atoms with Crippen LogP contribution in [0.2, 0.25) is 0 Å². The highest BCUT2D eigenvalue weighted by Gasteiger charge is 2.37. The summed E-state index contributed by atoms with van der Waals surface area (Å²) in [6.07, 6.45) is 0. The Bertz CT molecular complexity index is 879. The van der Waals surface area contributed by atoms with Gasteiger partial charge in [-0.1, -0.05) is 36.4 Å². The molecule has 1 amide bonds. The monoisotopic (exact) mass is 444 g/mol. The number of likely N-dealkylation sites (tertiary alicyclic amines) is 1. The first-order valence-corrected chi connectivity index (χ1v) is 10.9. The zero-order chi connectivity index (χ0) is 22.9. The fourth-order valence-electron chi connectivity index (χ4n) is 4.48. The van der Waals surface area contributed by atoms with Crippen molar-refractivity contribution in [1.29, 1.82) is 0 Å². The number of nitrogens with zero attached hydrogens (tertiary/aromatic N) is 2. The predicted octanol–water partition coefficient (Wildman–Crippen LogP) is 3.17. The molecule has 0 N–H and O–H groups in total. The molecule has 0 bridgehead atoms. The molecule has 0 aromatic heterocycles. The molecule has 6 nitrogen and oxygen atoms in total. The molecule has 0 aliphatic carbocycles. The number of halogens is 1. The van der Waals surface area contributed by atoms with E-state index in [2.05, 4.69) is 11.0 Å². The maximum atomic E-state index is 14.3. The third-order valence-corrected chi connectivity index (χ3v) is 6.05. The van der Waals surface area contributed by atoms with Crippen LogP contribution in [0.25, 0.3) is 0 Å². The minimum atomic E-state index is -0.193. The highest BCUT2D eigenvalue weighted by Crippen LogP contribution is 2.38. The lowest BCUT2D eigenvalue weighted by molar-refractivity contribution is -0.136. The molecule has 1 aliphatic heterocycles. The Balaban J connectivity index is 1.85. The largest absolute Gasteiger partial charge is 0.496 e. The van der Waals surface area contributed by atoms with Crippen molar-refractivity contribution in [2.75, 3.05) is 60.7 Å². The van der Waals surface area contributed by atoms with Gasteiger partial charge in [-0.25, -0.2) is 4.39 Å². The Hall–Kier alpha value is -2.48. The molecule has 174 valence electrons. The smallest absolute Gasteiger partial charge is 0.248 e. The third kappa shape index (κ3) is 6.06. The summed E-state index contributed by atoms with van der Waals surface area (Å²) in [4.78, 5) is 16.7. The van der Waals surface area contributed by atoms with Crippen LogP contribution in [0.1, 0.15) is 17.0 Å². The molecule has 3 rings (SSSR count). The van der Waals surface area contributed by atoms with E-state index in [-0.39, 0.29) is 30.2 Å². The van der Waals surface area contributed by atoms with E-state index in [0.717, 1.165) is 24.4 Å². The lowest BCUT2D eigenvalue weighted by atomic mass is 9.88. The number of benzene rings is 2. The summed E-state index contributed by atoms with van der Waals surface area (Å²) >= 11 is 0. The molecule has 1 aliphatic rings. The quantitative estimate of drug-likeness (QED) is 0.533. The van der Waals surface area contributed by atoms with Crippen molar-refractivity contribution in [3.05, 3.63) is 65.5 Å². The van der Waals surface area contributed by atoms with E-state index in [4.69, 9.17) is 14.2 Å². The van der Waals surface area contributed by atoms with Crippen LogP contribution in [-0.4, -0.2) is 76.4 Å². The van der Waals surface area contributed by atoms with Gasteiger partial charge in [0.15, 0.2) is 0 Å². The Kier molecular flexibility index (Phi) is 9.02. The molecule has 1 fully saturated rings. The molecule has 2 aromatic rings. The van der Waals surface area contributed by atoms with Gasteiger partial charge in [0.2, 0.25) is 5.91 Å². The summed E-state index contributed by atoms with van der Waals surface area (Å²) in [6, 6.07) is 14.9. The molecule has 7 heteroatoms. The second kappa shape index (κ2) is 11.9. The van der Waals surface area contributed by atoms with Crippen LogP contribution in [0.5, 0.6) is 5.75 Å². The summed E-state index contributed by atoms with van der Waals surface area (Å²) in [6.45, 7) is 3.61. The van der Waals surface area contributed by atoms with Gasteiger partial charge < -0.3 is 19.1 Å². The molecule has 2 aromatic carbocycles. The van der Waals surface area contributed by atoms with Crippen LogP contribution in [-0.2, 0) is 20.8 Å². The van der Waals surface area contributed by atoms with Gasteiger partial charge in [-0.2, -0.15) is 0 Å². The molecule has 0 saturated carbocycles. The Morgan fingerprint density at radius 1 is 1.06 bits per heavy atom. The molecular formula is C25H33FN2O4. The molecule has 32 heavy (non-hydrogen) atoms. The van der Waals surface area contributed by atoms with Crippen LogP contribution in [0.4, 0.5) is 4.39 Å². The van der Waals surface area contributed by atoms with Crippen molar-refractivity contribution in [3.8, 4) is 5.75 Å². The third-order valence-electron chi connectivity index (χ3n) is 6.05. The predicted molar refractivity (Wildman–Crippen MR) is 121 cm³/mol. The van der Waals surface area contributed by atoms with Crippen LogP contribution in [0.15, 0.2) is 48.5 Å². The normalized spacial score (nSPS) is 18.6. The van der Waals surface area contributed by atoms with Gasteiger partial charge in [0.25, 0.3) is 0 Å². The average molecular weight is 445 g/mol. The van der Waals surface area contributed by atoms with Crippen molar-refractivity contribution in [2.24, 2.45) is 5.92 Å². The highest BCUT2D eigenvalue weighted by atomic mass is 19.1. The first kappa shape index (κ1) is 24.2. The van der Waals surface area contributed by atoms with Crippen LogP contribution in [0, 0.1) is 11.7 Å². The molecular weight excluding hydrogens is 411 g/mol. The van der Waals surface area contributed by atoms with E-state index < -0.39 is 0 Å². The minimum absolute atomic E-state index is 0.0364. The fraction of sp³-hybridized carbons (Fsp3) is 0.480. The van der Waals surface area contributed by atoms with Gasteiger partial charge in [0, 0.05) is 58.4 Å². The average Bonchev–Trinajstić information content (AvgIpc) is 3.20. The maximum absolute atomic E-state index is 14.3. The lowest BCUT2D eigenvalue weighted by Crippen LogP contribution is -2.41. The van der Waals surface area contributed by atoms with Crippen LogP contribution >= 0.6 is 0 Å². The van der Waals surface area contributed by atoms with Gasteiger partial charge in [-0.05, 0) is 23.6 Å². The van der Waals surface area contributed by atoms with Crippen molar-refractivity contribution in [2.45, 2.75) is 12.5 Å². The van der Waals surface area contributed by atoms with E-state index in [9.17, 15) is 9.18 Å². The number of para-hydroxylation sites is 1.